The zero-order valence-corrected chi connectivity index (χ0v) is 16.3. The van der Waals surface area contributed by atoms with E-state index >= 15 is 0 Å². The van der Waals surface area contributed by atoms with Gasteiger partial charge < -0.3 is 20.1 Å². The lowest BCUT2D eigenvalue weighted by Crippen LogP contribution is -2.34. The first-order valence-electron chi connectivity index (χ1n) is 10.4. The number of unbranched alkanes of at least 4 members (excludes halogenated alkanes) is 1. The molecule has 0 bridgehead atoms. The molecule has 0 aromatic carbocycles. The summed E-state index contributed by atoms with van der Waals surface area (Å²) in [5, 5.41) is 0. The third kappa shape index (κ3) is 4.01. The third-order valence-corrected chi connectivity index (χ3v) is 5.83. The number of hydrogen-bond acceptors (Lipinski definition) is 6. The molecule has 7 nitrogen and oxygen atoms in total. The molecule has 2 aliphatic rings. The molecule has 2 aromatic heterocycles. The Balaban J connectivity index is 1.43. The molecule has 2 N–H and O–H groups in total. The highest BCUT2D eigenvalue weighted by Gasteiger charge is 2.25. The Kier molecular flexibility index (Phi) is 5.45. The van der Waals surface area contributed by atoms with E-state index in [2.05, 4.69) is 48.5 Å². The number of hydrogen-bond donors (Lipinski definition) is 1. The van der Waals surface area contributed by atoms with Gasteiger partial charge in [0.05, 0.1) is 0 Å². The van der Waals surface area contributed by atoms with Gasteiger partial charge in [-0.2, -0.15) is 9.97 Å². The lowest BCUT2D eigenvalue weighted by molar-refractivity contribution is 0.458. The Hall–Kier alpha value is -2.31. The predicted octanol–water partition coefficient (Wildman–Crippen LogP) is 3.04. The van der Waals surface area contributed by atoms with E-state index in [1.807, 2.05) is 6.20 Å². The first-order chi connectivity index (χ1) is 13.2. The molecule has 2 saturated heterocycles. The van der Waals surface area contributed by atoms with Gasteiger partial charge in [0.25, 0.3) is 0 Å². The number of anilines is 3. The predicted molar refractivity (Wildman–Crippen MR) is 109 cm³/mol. The van der Waals surface area contributed by atoms with Gasteiger partial charge in [-0.3, -0.25) is 0 Å². The molecule has 2 aromatic rings. The number of nitrogens with zero attached hydrogens (tertiary/aromatic N) is 6. The van der Waals surface area contributed by atoms with E-state index in [9.17, 15) is 0 Å². The normalized spacial score (nSPS) is 18.4. The summed E-state index contributed by atoms with van der Waals surface area (Å²) in [5.41, 5.74) is 6.02. The van der Waals surface area contributed by atoms with Crippen LogP contribution in [-0.4, -0.2) is 45.7 Å². The Morgan fingerprint density at radius 1 is 1.04 bits per heavy atom. The van der Waals surface area contributed by atoms with Crippen molar-refractivity contribution in [3.63, 3.8) is 0 Å². The number of rotatable bonds is 6. The van der Waals surface area contributed by atoms with E-state index in [4.69, 9.17) is 5.73 Å². The number of aromatic nitrogens is 4. The van der Waals surface area contributed by atoms with Crippen molar-refractivity contribution in [3.8, 4) is 0 Å². The van der Waals surface area contributed by atoms with Crippen LogP contribution in [-0.2, 0) is 6.54 Å². The number of nitrogen functional groups attached to an aromatic ring is 1. The summed E-state index contributed by atoms with van der Waals surface area (Å²) < 4.78 is 2.35. The SMILES string of the molecule is CCCCn1ccnc1C1CCN(c2cc(N3CCCC3)nc(N)n2)CC1. The van der Waals surface area contributed by atoms with Crippen LogP contribution in [0.25, 0.3) is 0 Å². The van der Waals surface area contributed by atoms with Crippen LogP contribution in [0.5, 0.6) is 0 Å². The fourth-order valence-corrected chi connectivity index (χ4v) is 4.27. The molecule has 4 heterocycles. The molecule has 2 aliphatic heterocycles. The van der Waals surface area contributed by atoms with Gasteiger partial charge in [-0.15, -0.1) is 0 Å². The standard InChI is InChI=1S/C20H31N7/c1-2-3-9-27-14-8-22-19(27)16-6-12-26(13-7-16)18-15-17(23-20(21)24-18)25-10-4-5-11-25/h8,14-16H,2-7,9-13H2,1H3,(H2,21,23,24). The molecule has 4 rings (SSSR count). The van der Waals surface area contributed by atoms with Crippen LogP contribution < -0.4 is 15.5 Å². The second kappa shape index (κ2) is 8.15. The van der Waals surface area contributed by atoms with Gasteiger partial charge in [-0.05, 0) is 32.1 Å². The molecule has 27 heavy (non-hydrogen) atoms. The minimum atomic E-state index is 0.381. The van der Waals surface area contributed by atoms with Crippen LogP contribution in [0.1, 0.15) is 57.2 Å². The van der Waals surface area contributed by atoms with Crippen molar-refractivity contribution < 1.29 is 0 Å². The average molecular weight is 370 g/mol. The highest BCUT2D eigenvalue weighted by molar-refractivity contribution is 5.54. The molecule has 2 fully saturated rings. The molecule has 0 aliphatic carbocycles. The lowest BCUT2D eigenvalue weighted by atomic mass is 9.96. The monoisotopic (exact) mass is 369 g/mol. The summed E-state index contributed by atoms with van der Waals surface area (Å²) in [5.74, 6) is 4.12. The van der Waals surface area contributed by atoms with Gasteiger partial charge >= 0.3 is 0 Å². The summed E-state index contributed by atoms with van der Waals surface area (Å²) in [4.78, 5) is 18.3. The van der Waals surface area contributed by atoms with Crippen LogP contribution in [0, 0.1) is 0 Å². The number of imidazole rings is 1. The van der Waals surface area contributed by atoms with Crippen LogP contribution in [0.4, 0.5) is 17.6 Å². The fraction of sp³-hybridized carbons (Fsp3) is 0.650. The third-order valence-electron chi connectivity index (χ3n) is 5.83. The van der Waals surface area contributed by atoms with Gasteiger partial charge in [-0.25, -0.2) is 4.98 Å². The van der Waals surface area contributed by atoms with Gasteiger partial charge in [0.2, 0.25) is 5.95 Å². The van der Waals surface area contributed by atoms with E-state index < -0.39 is 0 Å². The van der Waals surface area contributed by atoms with E-state index in [1.54, 1.807) is 0 Å². The number of piperidine rings is 1. The average Bonchev–Trinajstić information content (AvgIpc) is 3.38. The van der Waals surface area contributed by atoms with E-state index in [-0.39, 0.29) is 0 Å². The fourth-order valence-electron chi connectivity index (χ4n) is 4.27. The van der Waals surface area contributed by atoms with Crippen molar-refractivity contribution in [2.75, 3.05) is 41.7 Å². The van der Waals surface area contributed by atoms with Crippen LogP contribution in [0.2, 0.25) is 0 Å². The molecule has 0 radical (unpaired) electrons. The maximum Gasteiger partial charge on any atom is 0.223 e. The summed E-state index contributed by atoms with van der Waals surface area (Å²) in [7, 11) is 0. The number of aryl methyl sites for hydroxylation is 1. The topological polar surface area (TPSA) is 76.1 Å². The van der Waals surface area contributed by atoms with Gasteiger partial charge in [0.1, 0.15) is 17.5 Å². The highest BCUT2D eigenvalue weighted by Crippen LogP contribution is 2.31. The number of nitrogens with two attached hydrogens (primary N) is 1. The van der Waals surface area contributed by atoms with E-state index in [0.717, 1.165) is 57.2 Å². The molecule has 7 heteroatoms. The molecule has 146 valence electrons. The van der Waals surface area contributed by atoms with E-state index in [0.29, 0.717) is 11.9 Å². The van der Waals surface area contributed by atoms with Crippen LogP contribution >= 0.6 is 0 Å². The maximum absolute atomic E-state index is 6.02. The van der Waals surface area contributed by atoms with Crippen molar-refractivity contribution >= 4 is 17.6 Å². The molecule has 0 atom stereocenters. The first-order valence-corrected chi connectivity index (χ1v) is 10.4. The largest absolute Gasteiger partial charge is 0.368 e. The summed E-state index contributed by atoms with van der Waals surface area (Å²) in [6.07, 6.45) is 11.2. The summed E-state index contributed by atoms with van der Waals surface area (Å²) in [6, 6.07) is 2.12. The van der Waals surface area contributed by atoms with Crippen molar-refractivity contribution in [1.82, 2.24) is 19.5 Å². The van der Waals surface area contributed by atoms with Crippen LogP contribution in [0.3, 0.4) is 0 Å². The van der Waals surface area contributed by atoms with Crippen LogP contribution in [0.15, 0.2) is 18.5 Å². The minimum absolute atomic E-state index is 0.381. The highest BCUT2D eigenvalue weighted by atomic mass is 15.3. The van der Waals surface area contributed by atoms with Crippen molar-refractivity contribution in [2.45, 2.75) is 57.9 Å². The zero-order chi connectivity index (χ0) is 18.6. The maximum atomic E-state index is 6.02. The van der Waals surface area contributed by atoms with Gasteiger partial charge in [0.15, 0.2) is 0 Å². The van der Waals surface area contributed by atoms with E-state index in [1.165, 1.54) is 31.5 Å². The minimum Gasteiger partial charge on any atom is -0.368 e. The smallest absolute Gasteiger partial charge is 0.223 e. The Morgan fingerprint density at radius 2 is 1.70 bits per heavy atom. The Morgan fingerprint density at radius 3 is 2.37 bits per heavy atom. The summed E-state index contributed by atoms with van der Waals surface area (Å²) in [6.45, 7) is 7.42. The quantitative estimate of drug-likeness (QED) is 0.843. The van der Waals surface area contributed by atoms with Crippen molar-refractivity contribution in [1.29, 1.82) is 0 Å². The first kappa shape index (κ1) is 18.1. The second-order valence-electron chi connectivity index (χ2n) is 7.73. The molecule has 0 amide bonds. The Bertz CT molecular complexity index is 743. The van der Waals surface area contributed by atoms with Crippen molar-refractivity contribution in [2.24, 2.45) is 0 Å². The molecule has 0 saturated carbocycles. The lowest BCUT2D eigenvalue weighted by Gasteiger charge is -2.33. The van der Waals surface area contributed by atoms with Crippen molar-refractivity contribution in [3.05, 3.63) is 24.3 Å². The Labute approximate surface area is 161 Å². The summed E-state index contributed by atoms with van der Waals surface area (Å²) >= 11 is 0. The molecule has 0 spiro atoms. The molecular formula is C20H31N7. The van der Waals surface area contributed by atoms with Gasteiger partial charge in [0, 0.05) is 57.1 Å². The molecule has 0 unspecified atom stereocenters. The zero-order valence-electron chi connectivity index (χ0n) is 16.3. The van der Waals surface area contributed by atoms with Gasteiger partial charge in [-0.1, -0.05) is 13.3 Å². The molecular weight excluding hydrogens is 338 g/mol. The second-order valence-corrected chi connectivity index (χ2v) is 7.73.